The number of fused-ring (bicyclic) bond motifs is 1. The van der Waals surface area contributed by atoms with Crippen molar-refractivity contribution in [1.29, 1.82) is 0 Å². The fourth-order valence-corrected chi connectivity index (χ4v) is 5.46. The van der Waals surface area contributed by atoms with Gasteiger partial charge >= 0.3 is 0 Å². The highest BCUT2D eigenvalue weighted by atomic mass is 35.5. The lowest BCUT2D eigenvalue weighted by molar-refractivity contribution is 0.387. The van der Waals surface area contributed by atoms with E-state index in [0.29, 0.717) is 28.1 Å². The third-order valence-electron chi connectivity index (χ3n) is 3.53. The monoisotopic (exact) mass is 343 g/mol. The Bertz CT molecular complexity index is 770. The molecule has 4 nitrogen and oxygen atoms in total. The Balaban J connectivity index is 1.89. The molecule has 0 saturated heterocycles. The van der Waals surface area contributed by atoms with Gasteiger partial charge in [-0.25, -0.2) is 8.42 Å². The molecule has 112 valence electrons. The summed E-state index contributed by atoms with van der Waals surface area (Å²) in [6, 6.07) is 8.93. The van der Waals surface area contributed by atoms with Crippen LogP contribution in [0.15, 0.2) is 34.5 Å². The van der Waals surface area contributed by atoms with E-state index in [0.717, 1.165) is 28.2 Å². The lowest BCUT2D eigenvalue weighted by Gasteiger charge is -2.27. The molecular weight excluding hydrogens is 330 g/mol. The van der Waals surface area contributed by atoms with Crippen LogP contribution in [0.2, 0.25) is 4.34 Å². The molecular formula is C14H14ClNO3S2. The highest BCUT2D eigenvalue weighted by Crippen LogP contribution is 2.31. The first-order chi connectivity index (χ1) is 10.0. The van der Waals surface area contributed by atoms with Gasteiger partial charge in [-0.1, -0.05) is 17.7 Å². The van der Waals surface area contributed by atoms with Crippen LogP contribution in [0.25, 0.3) is 0 Å². The second-order valence-electron chi connectivity index (χ2n) is 4.78. The van der Waals surface area contributed by atoms with Crippen LogP contribution in [-0.4, -0.2) is 26.4 Å². The largest absolute Gasteiger partial charge is 0.497 e. The van der Waals surface area contributed by atoms with Crippen molar-refractivity contribution in [2.75, 3.05) is 13.7 Å². The third-order valence-corrected chi connectivity index (χ3v) is 7.08. The highest BCUT2D eigenvalue weighted by Gasteiger charge is 2.29. The van der Waals surface area contributed by atoms with E-state index >= 15 is 0 Å². The van der Waals surface area contributed by atoms with Crippen LogP contribution in [0.1, 0.15) is 11.1 Å². The predicted molar refractivity (Wildman–Crippen MR) is 83.6 cm³/mol. The zero-order chi connectivity index (χ0) is 15.0. The van der Waals surface area contributed by atoms with E-state index in [9.17, 15) is 8.42 Å². The zero-order valence-electron chi connectivity index (χ0n) is 11.4. The summed E-state index contributed by atoms with van der Waals surface area (Å²) >= 11 is 6.93. The van der Waals surface area contributed by atoms with Gasteiger partial charge in [0.25, 0.3) is 10.0 Å². The van der Waals surface area contributed by atoms with E-state index in [1.54, 1.807) is 19.2 Å². The first-order valence-corrected chi connectivity index (χ1v) is 9.05. The van der Waals surface area contributed by atoms with E-state index in [1.165, 1.54) is 4.31 Å². The molecule has 1 aliphatic rings. The molecule has 0 aliphatic carbocycles. The van der Waals surface area contributed by atoms with Crippen LogP contribution in [0.5, 0.6) is 5.75 Å². The Morgan fingerprint density at radius 3 is 2.71 bits per heavy atom. The smallest absolute Gasteiger partial charge is 0.252 e. The molecule has 0 spiro atoms. The molecule has 7 heteroatoms. The van der Waals surface area contributed by atoms with E-state index in [2.05, 4.69) is 0 Å². The van der Waals surface area contributed by atoms with Gasteiger partial charge in [0.15, 0.2) is 0 Å². The Kier molecular flexibility index (Phi) is 3.96. The standard InChI is InChI=1S/C14H14ClNO3S2/c1-19-12-3-2-11-9-16(7-6-10(11)8-12)21(17,18)14-5-4-13(15)20-14/h2-5,8H,6-7,9H2,1H3. The summed E-state index contributed by atoms with van der Waals surface area (Å²) < 4.78 is 32.7. The number of rotatable bonds is 3. The Hall–Kier alpha value is -1.08. The summed E-state index contributed by atoms with van der Waals surface area (Å²) in [5, 5.41) is 0. The summed E-state index contributed by atoms with van der Waals surface area (Å²) in [6.45, 7) is 0.856. The lowest BCUT2D eigenvalue weighted by Crippen LogP contribution is -2.35. The van der Waals surface area contributed by atoms with Gasteiger partial charge in [0, 0.05) is 13.1 Å². The van der Waals surface area contributed by atoms with Gasteiger partial charge in [-0.2, -0.15) is 4.31 Å². The maximum absolute atomic E-state index is 12.6. The Labute approximate surface area is 133 Å². The zero-order valence-corrected chi connectivity index (χ0v) is 13.8. The molecule has 0 amide bonds. The van der Waals surface area contributed by atoms with E-state index in [-0.39, 0.29) is 0 Å². The minimum atomic E-state index is -3.46. The Morgan fingerprint density at radius 1 is 1.24 bits per heavy atom. The summed E-state index contributed by atoms with van der Waals surface area (Å²) in [7, 11) is -1.84. The molecule has 1 aliphatic heterocycles. The van der Waals surface area contributed by atoms with Crippen LogP contribution in [0.3, 0.4) is 0 Å². The number of ether oxygens (including phenoxy) is 1. The average Bonchev–Trinajstić information content (AvgIpc) is 2.93. The van der Waals surface area contributed by atoms with Gasteiger partial charge in [-0.15, -0.1) is 11.3 Å². The first kappa shape index (κ1) is 14.8. The molecule has 21 heavy (non-hydrogen) atoms. The molecule has 0 fully saturated rings. The molecule has 3 rings (SSSR count). The van der Waals surface area contributed by atoms with Crippen LogP contribution in [-0.2, 0) is 23.0 Å². The lowest BCUT2D eigenvalue weighted by atomic mass is 10.0. The second-order valence-corrected chi connectivity index (χ2v) is 8.66. The molecule has 0 bridgehead atoms. The SMILES string of the molecule is COc1ccc2c(c1)CCN(S(=O)(=O)c1ccc(Cl)s1)C2. The van der Waals surface area contributed by atoms with Crippen LogP contribution < -0.4 is 4.74 Å². The van der Waals surface area contributed by atoms with Crippen molar-refractivity contribution in [3.8, 4) is 5.75 Å². The van der Waals surface area contributed by atoms with Crippen molar-refractivity contribution in [2.45, 2.75) is 17.2 Å². The maximum atomic E-state index is 12.6. The van der Waals surface area contributed by atoms with Gasteiger partial charge in [0.2, 0.25) is 0 Å². The molecule has 0 atom stereocenters. The van der Waals surface area contributed by atoms with Gasteiger partial charge in [0.1, 0.15) is 9.96 Å². The minimum Gasteiger partial charge on any atom is -0.497 e. The average molecular weight is 344 g/mol. The van der Waals surface area contributed by atoms with E-state index < -0.39 is 10.0 Å². The van der Waals surface area contributed by atoms with Gasteiger partial charge in [0.05, 0.1) is 11.4 Å². The van der Waals surface area contributed by atoms with Crippen molar-refractivity contribution < 1.29 is 13.2 Å². The minimum absolute atomic E-state index is 0.296. The molecule has 0 saturated carbocycles. The van der Waals surface area contributed by atoms with Crippen molar-refractivity contribution in [2.24, 2.45) is 0 Å². The summed E-state index contributed by atoms with van der Waals surface area (Å²) in [6.07, 6.45) is 0.685. The van der Waals surface area contributed by atoms with E-state index in [4.69, 9.17) is 16.3 Å². The highest BCUT2D eigenvalue weighted by molar-refractivity contribution is 7.91. The number of sulfonamides is 1. The molecule has 2 heterocycles. The number of halogens is 1. The number of nitrogens with zero attached hydrogens (tertiary/aromatic N) is 1. The molecule has 1 aromatic heterocycles. The number of hydrogen-bond donors (Lipinski definition) is 0. The Morgan fingerprint density at radius 2 is 2.05 bits per heavy atom. The first-order valence-electron chi connectivity index (χ1n) is 6.42. The maximum Gasteiger partial charge on any atom is 0.252 e. The number of thiophene rings is 1. The van der Waals surface area contributed by atoms with Crippen molar-refractivity contribution in [1.82, 2.24) is 4.31 Å². The molecule has 2 aromatic rings. The topological polar surface area (TPSA) is 46.6 Å². The molecule has 0 unspecified atom stereocenters. The quantitative estimate of drug-likeness (QED) is 0.860. The van der Waals surface area contributed by atoms with E-state index in [1.807, 2.05) is 18.2 Å². The van der Waals surface area contributed by atoms with Crippen molar-refractivity contribution in [3.63, 3.8) is 0 Å². The van der Waals surface area contributed by atoms with Crippen molar-refractivity contribution in [3.05, 3.63) is 45.8 Å². The summed E-state index contributed by atoms with van der Waals surface area (Å²) in [5.41, 5.74) is 2.17. The van der Waals surface area contributed by atoms with Crippen LogP contribution in [0.4, 0.5) is 0 Å². The summed E-state index contributed by atoms with van der Waals surface area (Å²) in [4.78, 5) is 0. The number of hydrogen-bond acceptors (Lipinski definition) is 4. The normalized spacial score (nSPS) is 15.7. The van der Waals surface area contributed by atoms with Gasteiger partial charge in [-0.05, 0) is 41.8 Å². The van der Waals surface area contributed by atoms with Crippen LogP contribution >= 0.6 is 22.9 Å². The molecule has 1 aromatic carbocycles. The number of methoxy groups -OCH3 is 1. The van der Waals surface area contributed by atoms with Crippen molar-refractivity contribution >= 4 is 33.0 Å². The number of benzene rings is 1. The predicted octanol–water partition coefficient (Wildman–Crippen LogP) is 3.16. The fourth-order valence-electron chi connectivity index (χ4n) is 2.40. The molecule has 0 radical (unpaired) electrons. The summed E-state index contributed by atoms with van der Waals surface area (Å²) in [5.74, 6) is 0.801. The second kappa shape index (κ2) is 5.61. The third kappa shape index (κ3) is 2.81. The van der Waals surface area contributed by atoms with Crippen LogP contribution in [0, 0.1) is 0 Å². The van der Waals surface area contributed by atoms with Gasteiger partial charge in [-0.3, -0.25) is 0 Å². The molecule has 0 N–H and O–H groups in total. The van der Waals surface area contributed by atoms with Gasteiger partial charge < -0.3 is 4.74 Å². The fraction of sp³-hybridized carbons (Fsp3) is 0.286.